The fourth-order valence-electron chi connectivity index (χ4n) is 3.58. The van der Waals surface area contributed by atoms with Crippen LogP contribution in [-0.4, -0.2) is 60.8 Å². The van der Waals surface area contributed by atoms with Crippen molar-refractivity contribution >= 4 is 0 Å². The van der Waals surface area contributed by atoms with E-state index in [0.717, 1.165) is 25.4 Å². The fraction of sp³-hybridized carbons (Fsp3) is 1.00. The Bertz CT molecular complexity index is 229. The second kappa shape index (κ2) is 7.46. The van der Waals surface area contributed by atoms with Gasteiger partial charge in [-0.15, -0.1) is 0 Å². The summed E-state index contributed by atoms with van der Waals surface area (Å²) in [6, 6.07) is 0.565. The first-order chi connectivity index (χ1) is 8.79. The maximum Gasteiger partial charge on any atom is 0.0446 e. The van der Waals surface area contributed by atoms with Crippen LogP contribution in [0.1, 0.15) is 44.9 Å². The molecule has 18 heavy (non-hydrogen) atoms. The molecule has 1 aliphatic carbocycles. The standard InChI is InChI=1S/C15H30N2O/c1-16-10-11-17(13-15(16)8-12-18)9-4-7-14-5-2-3-6-14/h14-15,18H,2-13H2,1H3. The lowest BCUT2D eigenvalue weighted by Crippen LogP contribution is -2.51. The van der Waals surface area contributed by atoms with Gasteiger partial charge in [-0.25, -0.2) is 0 Å². The fourth-order valence-corrected chi connectivity index (χ4v) is 3.58. The minimum absolute atomic E-state index is 0.324. The summed E-state index contributed by atoms with van der Waals surface area (Å²) in [6.07, 6.45) is 9.65. The van der Waals surface area contributed by atoms with E-state index in [1.165, 1.54) is 51.6 Å². The minimum Gasteiger partial charge on any atom is -0.396 e. The molecule has 3 heteroatoms. The highest BCUT2D eigenvalue weighted by Gasteiger charge is 2.23. The van der Waals surface area contributed by atoms with Gasteiger partial charge in [0.1, 0.15) is 0 Å². The molecule has 2 fully saturated rings. The summed E-state index contributed by atoms with van der Waals surface area (Å²) in [4.78, 5) is 5.01. The SMILES string of the molecule is CN1CCN(CCCC2CCCC2)CC1CCO. The maximum atomic E-state index is 9.10. The first-order valence-corrected chi connectivity index (χ1v) is 7.83. The van der Waals surface area contributed by atoms with Crippen LogP contribution in [-0.2, 0) is 0 Å². The van der Waals surface area contributed by atoms with E-state index in [-0.39, 0.29) is 0 Å². The number of aliphatic hydroxyl groups is 1. The van der Waals surface area contributed by atoms with Crippen molar-refractivity contribution < 1.29 is 5.11 Å². The molecule has 0 aromatic heterocycles. The van der Waals surface area contributed by atoms with Crippen LogP contribution < -0.4 is 0 Å². The molecule has 2 aliphatic rings. The Morgan fingerprint density at radius 2 is 1.89 bits per heavy atom. The van der Waals surface area contributed by atoms with Gasteiger partial charge in [0, 0.05) is 32.3 Å². The maximum absolute atomic E-state index is 9.10. The largest absolute Gasteiger partial charge is 0.396 e. The zero-order chi connectivity index (χ0) is 12.8. The van der Waals surface area contributed by atoms with E-state index in [1.54, 1.807) is 0 Å². The molecular formula is C15H30N2O. The molecule has 0 aromatic carbocycles. The molecule has 0 spiro atoms. The molecule has 0 amide bonds. The molecule has 1 unspecified atom stereocenters. The lowest BCUT2D eigenvalue weighted by Gasteiger charge is -2.39. The van der Waals surface area contributed by atoms with Gasteiger partial charge < -0.3 is 14.9 Å². The van der Waals surface area contributed by atoms with Crippen LogP contribution in [0.5, 0.6) is 0 Å². The van der Waals surface area contributed by atoms with Crippen LogP contribution in [0.2, 0.25) is 0 Å². The molecule has 2 rings (SSSR count). The van der Waals surface area contributed by atoms with Crippen molar-refractivity contribution in [2.75, 3.05) is 39.8 Å². The van der Waals surface area contributed by atoms with Crippen LogP contribution in [0.15, 0.2) is 0 Å². The number of likely N-dealkylation sites (N-methyl/N-ethyl adjacent to an activating group) is 1. The van der Waals surface area contributed by atoms with E-state index in [2.05, 4.69) is 16.8 Å². The average Bonchev–Trinajstić information content (AvgIpc) is 2.87. The molecule has 1 saturated heterocycles. The van der Waals surface area contributed by atoms with Gasteiger partial charge in [0.05, 0.1) is 0 Å². The number of piperazine rings is 1. The Balaban J connectivity index is 1.63. The Morgan fingerprint density at radius 3 is 2.61 bits per heavy atom. The van der Waals surface area contributed by atoms with Crippen molar-refractivity contribution in [1.29, 1.82) is 0 Å². The van der Waals surface area contributed by atoms with E-state index in [9.17, 15) is 0 Å². The van der Waals surface area contributed by atoms with Gasteiger partial charge in [0.2, 0.25) is 0 Å². The quantitative estimate of drug-likeness (QED) is 0.785. The molecule has 1 saturated carbocycles. The predicted octanol–water partition coefficient (Wildman–Crippen LogP) is 1.96. The van der Waals surface area contributed by atoms with Crippen molar-refractivity contribution in [3.05, 3.63) is 0 Å². The number of rotatable bonds is 6. The summed E-state index contributed by atoms with van der Waals surface area (Å²) < 4.78 is 0. The van der Waals surface area contributed by atoms with Crippen molar-refractivity contribution in [1.82, 2.24) is 9.80 Å². The number of hydrogen-bond donors (Lipinski definition) is 1. The number of nitrogens with zero attached hydrogens (tertiary/aromatic N) is 2. The minimum atomic E-state index is 0.324. The molecule has 106 valence electrons. The summed E-state index contributed by atoms with van der Waals surface area (Å²) in [5.41, 5.74) is 0. The van der Waals surface area contributed by atoms with Gasteiger partial charge in [0.15, 0.2) is 0 Å². The van der Waals surface area contributed by atoms with E-state index >= 15 is 0 Å². The molecule has 1 atom stereocenters. The average molecular weight is 254 g/mol. The Hall–Kier alpha value is -0.120. The molecule has 3 nitrogen and oxygen atoms in total. The zero-order valence-corrected chi connectivity index (χ0v) is 12.0. The highest BCUT2D eigenvalue weighted by Crippen LogP contribution is 2.28. The summed E-state index contributed by atoms with van der Waals surface area (Å²) in [5, 5.41) is 9.10. The third kappa shape index (κ3) is 4.22. The van der Waals surface area contributed by atoms with E-state index in [4.69, 9.17) is 5.11 Å². The second-order valence-corrected chi connectivity index (χ2v) is 6.24. The van der Waals surface area contributed by atoms with Gasteiger partial charge in [0.25, 0.3) is 0 Å². The predicted molar refractivity (Wildman–Crippen MR) is 75.8 cm³/mol. The highest BCUT2D eigenvalue weighted by molar-refractivity contribution is 4.80. The monoisotopic (exact) mass is 254 g/mol. The van der Waals surface area contributed by atoms with Crippen LogP contribution in [0.4, 0.5) is 0 Å². The number of hydrogen-bond acceptors (Lipinski definition) is 3. The zero-order valence-electron chi connectivity index (χ0n) is 12.0. The van der Waals surface area contributed by atoms with Gasteiger partial charge in [-0.2, -0.15) is 0 Å². The molecule has 0 aromatic rings. The van der Waals surface area contributed by atoms with Crippen molar-refractivity contribution in [2.45, 2.75) is 51.0 Å². The number of aliphatic hydroxyl groups excluding tert-OH is 1. The lowest BCUT2D eigenvalue weighted by atomic mass is 10.0. The molecule has 1 N–H and O–H groups in total. The van der Waals surface area contributed by atoms with Crippen LogP contribution in [0.3, 0.4) is 0 Å². The molecular weight excluding hydrogens is 224 g/mol. The van der Waals surface area contributed by atoms with Crippen LogP contribution in [0.25, 0.3) is 0 Å². The summed E-state index contributed by atoms with van der Waals surface area (Å²) in [5.74, 6) is 1.03. The highest BCUT2D eigenvalue weighted by atomic mass is 16.3. The van der Waals surface area contributed by atoms with E-state index in [0.29, 0.717) is 12.6 Å². The normalized spacial score (nSPS) is 28.0. The smallest absolute Gasteiger partial charge is 0.0446 e. The van der Waals surface area contributed by atoms with Gasteiger partial charge >= 0.3 is 0 Å². The van der Waals surface area contributed by atoms with Crippen LogP contribution in [0, 0.1) is 5.92 Å². The van der Waals surface area contributed by atoms with Crippen molar-refractivity contribution in [3.63, 3.8) is 0 Å². The molecule has 1 aliphatic heterocycles. The Labute approximate surface area is 112 Å². The van der Waals surface area contributed by atoms with Crippen molar-refractivity contribution in [3.8, 4) is 0 Å². The Morgan fingerprint density at radius 1 is 1.11 bits per heavy atom. The Kier molecular flexibility index (Phi) is 5.93. The van der Waals surface area contributed by atoms with E-state index in [1.807, 2.05) is 0 Å². The topological polar surface area (TPSA) is 26.7 Å². The summed E-state index contributed by atoms with van der Waals surface area (Å²) in [6.45, 7) is 5.12. The molecule has 0 bridgehead atoms. The molecule has 1 heterocycles. The van der Waals surface area contributed by atoms with Gasteiger partial charge in [-0.1, -0.05) is 25.7 Å². The second-order valence-electron chi connectivity index (χ2n) is 6.24. The third-order valence-corrected chi connectivity index (χ3v) is 4.89. The van der Waals surface area contributed by atoms with Crippen LogP contribution >= 0.6 is 0 Å². The lowest BCUT2D eigenvalue weighted by molar-refractivity contribution is 0.0768. The first-order valence-electron chi connectivity index (χ1n) is 7.83. The molecule has 0 radical (unpaired) electrons. The van der Waals surface area contributed by atoms with E-state index < -0.39 is 0 Å². The summed E-state index contributed by atoms with van der Waals surface area (Å²) >= 11 is 0. The third-order valence-electron chi connectivity index (χ3n) is 4.89. The summed E-state index contributed by atoms with van der Waals surface area (Å²) in [7, 11) is 2.19. The first kappa shape index (κ1) is 14.3. The van der Waals surface area contributed by atoms with Gasteiger partial charge in [-0.05, 0) is 38.8 Å². The van der Waals surface area contributed by atoms with Gasteiger partial charge in [-0.3, -0.25) is 0 Å². The van der Waals surface area contributed by atoms with Crippen molar-refractivity contribution in [2.24, 2.45) is 5.92 Å².